The molecule has 2 N–H and O–H groups in total. The molecule has 6 heteroatoms. The average molecular weight is 319 g/mol. The first-order valence-electron chi connectivity index (χ1n) is 6.59. The van der Waals surface area contributed by atoms with Gasteiger partial charge in [-0.3, -0.25) is 4.79 Å². The van der Waals surface area contributed by atoms with E-state index in [0.717, 1.165) is 0 Å². The minimum absolute atomic E-state index is 0.0868. The maximum atomic E-state index is 11.9. The van der Waals surface area contributed by atoms with Gasteiger partial charge in [0.1, 0.15) is 11.5 Å². The standard InChI is InChI=1S/C16H15ClN2O3/c1-11(22-14-7-4-6-13(17)9-14)16(21)19-18-10-12-5-2-3-8-15(12)20/h2-11,20H,1H3,(H,19,21). The molecule has 2 aromatic carbocycles. The van der Waals surface area contributed by atoms with Gasteiger partial charge in [0.15, 0.2) is 6.10 Å². The third kappa shape index (κ3) is 4.49. The molecule has 0 saturated carbocycles. The second-order valence-electron chi connectivity index (χ2n) is 4.51. The lowest BCUT2D eigenvalue weighted by Gasteiger charge is -2.12. The Kier molecular flexibility index (Phi) is 5.38. The molecule has 0 aliphatic heterocycles. The first-order chi connectivity index (χ1) is 10.6. The van der Waals surface area contributed by atoms with Gasteiger partial charge in [0.2, 0.25) is 0 Å². The van der Waals surface area contributed by atoms with Crippen LogP contribution in [-0.2, 0) is 4.79 Å². The van der Waals surface area contributed by atoms with Crippen LogP contribution < -0.4 is 10.2 Å². The van der Waals surface area contributed by atoms with Crippen LogP contribution in [-0.4, -0.2) is 23.3 Å². The number of carbonyl (C=O) groups is 1. The minimum Gasteiger partial charge on any atom is -0.507 e. The number of ether oxygens (including phenoxy) is 1. The summed E-state index contributed by atoms with van der Waals surface area (Å²) in [4.78, 5) is 11.9. The number of benzene rings is 2. The normalized spacial score (nSPS) is 12.1. The summed E-state index contributed by atoms with van der Waals surface area (Å²) in [5.41, 5.74) is 2.86. The predicted octanol–water partition coefficient (Wildman–Crippen LogP) is 2.96. The van der Waals surface area contributed by atoms with E-state index in [0.29, 0.717) is 16.3 Å². The highest BCUT2D eigenvalue weighted by atomic mass is 35.5. The van der Waals surface area contributed by atoms with Crippen molar-refractivity contribution < 1.29 is 14.6 Å². The number of halogens is 1. The molecule has 22 heavy (non-hydrogen) atoms. The molecule has 0 radical (unpaired) electrons. The number of carbonyl (C=O) groups excluding carboxylic acids is 1. The van der Waals surface area contributed by atoms with Crippen molar-refractivity contribution in [1.29, 1.82) is 0 Å². The molecule has 2 aromatic rings. The van der Waals surface area contributed by atoms with Crippen molar-refractivity contribution in [2.45, 2.75) is 13.0 Å². The Morgan fingerprint density at radius 1 is 1.32 bits per heavy atom. The molecule has 5 nitrogen and oxygen atoms in total. The summed E-state index contributed by atoms with van der Waals surface area (Å²) in [6.07, 6.45) is 0.624. The van der Waals surface area contributed by atoms with E-state index in [9.17, 15) is 9.90 Å². The Bertz CT molecular complexity index is 689. The number of phenolic OH excluding ortho intramolecular Hbond substituents is 1. The number of nitrogens with zero attached hydrogens (tertiary/aromatic N) is 1. The summed E-state index contributed by atoms with van der Waals surface area (Å²) in [7, 11) is 0. The maximum absolute atomic E-state index is 11.9. The lowest BCUT2D eigenvalue weighted by molar-refractivity contribution is -0.127. The van der Waals surface area contributed by atoms with Crippen molar-refractivity contribution in [1.82, 2.24) is 5.43 Å². The molecule has 0 aromatic heterocycles. The van der Waals surface area contributed by atoms with Crippen LogP contribution in [0.25, 0.3) is 0 Å². The number of phenols is 1. The molecule has 1 atom stereocenters. The maximum Gasteiger partial charge on any atom is 0.280 e. The third-order valence-corrected chi connectivity index (χ3v) is 3.03. The quantitative estimate of drug-likeness (QED) is 0.657. The van der Waals surface area contributed by atoms with Gasteiger partial charge >= 0.3 is 0 Å². The highest BCUT2D eigenvalue weighted by Crippen LogP contribution is 2.18. The largest absolute Gasteiger partial charge is 0.507 e. The lowest BCUT2D eigenvalue weighted by atomic mass is 10.2. The first-order valence-corrected chi connectivity index (χ1v) is 6.97. The van der Waals surface area contributed by atoms with E-state index in [1.807, 2.05) is 0 Å². The van der Waals surface area contributed by atoms with Crippen LogP contribution >= 0.6 is 11.6 Å². The Morgan fingerprint density at radius 2 is 2.09 bits per heavy atom. The second kappa shape index (κ2) is 7.47. The first kappa shape index (κ1) is 15.9. The van der Waals surface area contributed by atoms with Crippen LogP contribution in [0.3, 0.4) is 0 Å². The minimum atomic E-state index is -0.736. The van der Waals surface area contributed by atoms with Crippen LogP contribution in [0.2, 0.25) is 5.02 Å². The molecule has 2 rings (SSSR count). The van der Waals surface area contributed by atoms with Crippen LogP contribution in [0.1, 0.15) is 12.5 Å². The summed E-state index contributed by atoms with van der Waals surface area (Å²) in [5.74, 6) is 0.176. The topological polar surface area (TPSA) is 70.9 Å². The zero-order valence-electron chi connectivity index (χ0n) is 11.9. The van der Waals surface area contributed by atoms with E-state index in [-0.39, 0.29) is 5.75 Å². The number of aromatic hydroxyl groups is 1. The monoisotopic (exact) mass is 318 g/mol. The zero-order valence-corrected chi connectivity index (χ0v) is 12.6. The van der Waals surface area contributed by atoms with E-state index in [2.05, 4.69) is 10.5 Å². The number of hydrogen-bond acceptors (Lipinski definition) is 4. The molecule has 0 heterocycles. The molecule has 114 valence electrons. The molecule has 0 aliphatic carbocycles. The van der Waals surface area contributed by atoms with Crippen molar-refractivity contribution in [3.8, 4) is 11.5 Å². The molecule has 0 spiro atoms. The van der Waals surface area contributed by atoms with E-state index in [1.54, 1.807) is 49.4 Å². The predicted molar refractivity (Wildman–Crippen MR) is 85.4 cm³/mol. The number of rotatable bonds is 5. The Labute approximate surface area is 133 Å². The van der Waals surface area contributed by atoms with Crippen LogP contribution in [0.4, 0.5) is 0 Å². The fourth-order valence-corrected chi connectivity index (χ4v) is 1.83. The molecule has 0 fully saturated rings. The van der Waals surface area contributed by atoms with E-state index < -0.39 is 12.0 Å². The number of hydrazone groups is 1. The van der Waals surface area contributed by atoms with Crippen molar-refractivity contribution in [2.24, 2.45) is 5.10 Å². The number of nitrogens with one attached hydrogen (secondary N) is 1. The van der Waals surface area contributed by atoms with Crippen LogP contribution in [0.5, 0.6) is 11.5 Å². The van der Waals surface area contributed by atoms with Gasteiger partial charge in [0.05, 0.1) is 6.21 Å². The average Bonchev–Trinajstić information content (AvgIpc) is 2.49. The van der Waals surface area contributed by atoms with Gasteiger partial charge in [-0.2, -0.15) is 5.10 Å². The van der Waals surface area contributed by atoms with Crippen LogP contribution in [0, 0.1) is 0 Å². The lowest BCUT2D eigenvalue weighted by Crippen LogP contribution is -2.33. The number of amides is 1. The summed E-state index contributed by atoms with van der Waals surface area (Å²) in [6.45, 7) is 1.60. The smallest absolute Gasteiger partial charge is 0.280 e. The molecule has 0 aliphatic rings. The molecular weight excluding hydrogens is 304 g/mol. The van der Waals surface area contributed by atoms with Gasteiger partial charge in [0, 0.05) is 10.6 Å². The van der Waals surface area contributed by atoms with Crippen LogP contribution in [0.15, 0.2) is 53.6 Å². The van der Waals surface area contributed by atoms with E-state index in [1.165, 1.54) is 12.3 Å². The van der Waals surface area contributed by atoms with Gasteiger partial charge in [0.25, 0.3) is 5.91 Å². The summed E-state index contributed by atoms with van der Waals surface area (Å²) in [6, 6.07) is 13.5. The summed E-state index contributed by atoms with van der Waals surface area (Å²) < 4.78 is 5.46. The van der Waals surface area contributed by atoms with E-state index in [4.69, 9.17) is 16.3 Å². The highest BCUT2D eigenvalue weighted by molar-refractivity contribution is 6.30. The van der Waals surface area contributed by atoms with Crippen molar-refractivity contribution in [3.63, 3.8) is 0 Å². The molecule has 1 unspecified atom stereocenters. The fraction of sp³-hybridized carbons (Fsp3) is 0.125. The highest BCUT2D eigenvalue weighted by Gasteiger charge is 2.13. The summed E-state index contributed by atoms with van der Waals surface area (Å²) >= 11 is 5.85. The van der Waals surface area contributed by atoms with Gasteiger partial charge in [-0.1, -0.05) is 29.8 Å². The fourth-order valence-electron chi connectivity index (χ4n) is 1.65. The SMILES string of the molecule is CC(Oc1cccc(Cl)c1)C(=O)NN=Cc1ccccc1O. The Hall–Kier alpha value is -2.53. The Morgan fingerprint density at radius 3 is 2.82 bits per heavy atom. The number of para-hydroxylation sites is 1. The molecule has 0 saturated heterocycles. The second-order valence-corrected chi connectivity index (χ2v) is 4.95. The van der Waals surface area contributed by atoms with Gasteiger partial charge < -0.3 is 9.84 Å². The number of hydrogen-bond donors (Lipinski definition) is 2. The van der Waals surface area contributed by atoms with Gasteiger partial charge in [-0.15, -0.1) is 0 Å². The van der Waals surface area contributed by atoms with Crippen molar-refractivity contribution in [3.05, 3.63) is 59.1 Å². The zero-order chi connectivity index (χ0) is 15.9. The molecular formula is C16H15ClN2O3. The summed E-state index contributed by atoms with van der Waals surface area (Å²) in [5, 5.41) is 13.9. The van der Waals surface area contributed by atoms with E-state index >= 15 is 0 Å². The van der Waals surface area contributed by atoms with Gasteiger partial charge in [-0.25, -0.2) is 5.43 Å². The van der Waals surface area contributed by atoms with Gasteiger partial charge in [-0.05, 0) is 37.3 Å². The molecule has 0 bridgehead atoms. The third-order valence-electron chi connectivity index (χ3n) is 2.79. The Balaban J connectivity index is 1.90. The molecule has 1 amide bonds. The van der Waals surface area contributed by atoms with Crippen molar-refractivity contribution >= 4 is 23.7 Å². The van der Waals surface area contributed by atoms with Crippen molar-refractivity contribution in [2.75, 3.05) is 0 Å².